The van der Waals surface area contributed by atoms with Crippen LogP contribution in [0.3, 0.4) is 0 Å². The van der Waals surface area contributed by atoms with E-state index in [-0.39, 0.29) is 17.9 Å². The number of carbonyl (C=O) groups excluding carboxylic acids is 1. The molecule has 0 aliphatic heterocycles. The number of hydrogen-bond acceptors (Lipinski definition) is 2. The zero-order valence-corrected chi connectivity index (χ0v) is 11.6. The van der Waals surface area contributed by atoms with Gasteiger partial charge in [-0.05, 0) is 25.7 Å². The third-order valence-electron chi connectivity index (χ3n) is 4.29. The molecule has 18 heavy (non-hydrogen) atoms. The first-order valence-corrected chi connectivity index (χ1v) is 7.00. The van der Waals surface area contributed by atoms with E-state index in [1.165, 1.54) is 0 Å². The largest absolute Gasteiger partial charge is 0.481 e. The van der Waals surface area contributed by atoms with Crippen molar-refractivity contribution in [3.63, 3.8) is 0 Å². The van der Waals surface area contributed by atoms with Gasteiger partial charge >= 0.3 is 5.97 Å². The molecule has 0 aromatic carbocycles. The van der Waals surface area contributed by atoms with E-state index in [1.807, 2.05) is 6.92 Å². The summed E-state index contributed by atoms with van der Waals surface area (Å²) in [5.74, 6) is -1.33. The second-order valence-corrected chi connectivity index (χ2v) is 5.52. The fourth-order valence-electron chi connectivity index (χ4n) is 2.57. The van der Waals surface area contributed by atoms with Crippen molar-refractivity contribution in [2.45, 2.75) is 58.9 Å². The van der Waals surface area contributed by atoms with E-state index in [0.717, 1.165) is 19.3 Å². The molecular formula is C14H25NO3. The van der Waals surface area contributed by atoms with Crippen molar-refractivity contribution < 1.29 is 14.7 Å². The van der Waals surface area contributed by atoms with Crippen molar-refractivity contribution in [3.05, 3.63) is 0 Å². The minimum absolute atomic E-state index is 0.0742. The van der Waals surface area contributed by atoms with Crippen LogP contribution in [0.25, 0.3) is 0 Å². The van der Waals surface area contributed by atoms with Gasteiger partial charge in [0.05, 0.1) is 11.8 Å². The molecule has 0 spiro atoms. The van der Waals surface area contributed by atoms with Gasteiger partial charge in [-0.1, -0.05) is 33.1 Å². The maximum absolute atomic E-state index is 12.2. The Morgan fingerprint density at radius 2 is 1.78 bits per heavy atom. The van der Waals surface area contributed by atoms with Crippen LogP contribution in [0.15, 0.2) is 0 Å². The number of amides is 1. The molecule has 2 N–H and O–H groups in total. The second kappa shape index (κ2) is 6.76. The third-order valence-corrected chi connectivity index (χ3v) is 4.29. The van der Waals surface area contributed by atoms with E-state index in [1.54, 1.807) is 0 Å². The molecule has 0 aromatic heterocycles. The highest BCUT2D eigenvalue weighted by Gasteiger charge is 2.36. The molecular weight excluding hydrogens is 230 g/mol. The van der Waals surface area contributed by atoms with Crippen molar-refractivity contribution in [2.75, 3.05) is 0 Å². The number of nitrogens with one attached hydrogen (secondary N) is 1. The SMILES string of the molecule is CCC(C)C(C)NC(=O)C1CCCCC1C(=O)O. The maximum Gasteiger partial charge on any atom is 0.307 e. The minimum atomic E-state index is -0.828. The first kappa shape index (κ1) is 15.0. The van der Waals surface area contributed by atoms with Crippen molar-refractivity contribution in [3.8, 4) is 0 Å². The molecule has 0 aromatic rings. The summed E-state index contributed by atoms with van der Waals surface area (Å²) >= 11 is 0. The fraction of sp³-hybridized carbons (Fsp3) is 0.857. The molecule has 1 saturated carbocycles. The highest BCUT2D eigenvalue weighted by Crippen LogP contribution is 2.30. The van der Waals surface area contributed by atoms with E-state index in [0.29, 0.717) is 18.8 Å². The Morgan fingerprint density at radius 3 is 2.28 bits per heavy atom. The van der Waals surface area contributed by atoms with E-state index < -0.39 is 11.9 Å². The molecule has 1 aliphatic carbocycles. The Labute approximate surface area is 109 Å². The van der Waals surface area contributed by atoms with E-state index in [4.69, 9.17) is 5.11 Å². The average Bonchev–Trinajstić information content (AvgIpc) is 2.37. The molecule has 4 unspecified atom stereocenters. The highest BCUT2D eigenvalue weighted by molar-refractivity contribution is 5.85. The van der Waals surface area contributed by atoms with Gasteiger partial charge in [0.15, 0.2) is 0 Å². The standard InChI is InChI=1S/C14H25NO3/c1-4-9(2)10(3)15-13(16)11-7-5-6-8-12(11)14(17)18/h9-12H,4-8H2,1-3H3,(H,15,16)(H,17,18). The number of aliphatic carboxylic acids is 1. The number of carboxylic acids is 1. The summed E-state index contributed by atoms with van der Waals surface area (Å²) < 4.78 is 0. The van der Waals surface area contributed by atoms with Gasteiger partial charge in [0, 0.05) is 6.04 Å². The number of rotatable bonds is 5. The summed E-state index contributed by atoms with van der Waals surface area (Å²) in [7, 11) is 0. The van der Waals surface area contributed by atoms with Crippen molar-refractivity contribution >= 4 is 11.9 Å². The normalized spacial score (nSPS) is 27.3. The first-order valence-electron chi connectivity index (χ1n) is 7.00. The van der Waals surface area contributed by atoms with Crippen LogP contribution < -0.4 is 5.32 Å². The van der Waals surface area contributed by atoms with Gasteiger partial charge in [-0.25, -0.2) is 0 Å². The second-order valence-electron chi connectivity index (χ2n) is 5.52. The molecule has 4 atom stereocenters. The van der Waals surface area contributed by atoms with Crippen molar-refractivity contribution in [1.82, 2.24) is 5.32 Å². The predicted octanol–water partition coefficient (Wildman–Crippen LogP) is 2.43. The minimum Gasteiger partial charge on any atom is -0.481 e. The molecule has 1 fully saturated rings. The molecule has 1 amide bonds. The number of carboxylic acid groups (broad SMARTS) is 1. The predicted molar refractivity (Wildman–Crippen MR) is 70.1 cm³/mol. The highest BCUT2D eigenvalue weighted by atomic mass is 16.4. The maximum atomic E-state index is 12.2. The molecule has 0 bridgehead atoms. The Bertz CT molecular complexity index is 303. The smallest absolute Gasteiger partial charge is 0.307 e. The van der Waals surface area contributed by atoms with Gasteiger partial charge in [-0.3, -0.25) is 9.59 Å². The Hall–Kier alpha value is -1.06. The number of carbonyl (C=O) groups is 2. The lowest BCUT2D eigenvalue weighted by molar-refractivity contribution is -0.149. The van der Waals surface area contributed by atoms with Gasteiger partial charge in [0.2, 0.25) is 5.91 Å². The van der Waals surface area contributed by atoms with Crippen LogP contribution in [0.2, 0.25) is 0 Å². The van der Waals surface area contributed by atoms with Gasteiger partial charge in [0.25, 0.3) is 0 Å². The molecule has 4 nitrogen and oxygen atoms in total. The first-order chi connectivity index (χ1) is 8.47. The molecule has 1 rings (SSSR count). The zero-order valence-electron chi connectivity index (χ0n) is 11.6. The summed E-state index contributed by atoms with van der Waals surface area (Å²) in [6, 6.07) is 0.110. The van der Waals surface area contributed by atoms with Gasteiger partial charge in [-0.2, -0.15) is 0 Å². The lowest BCUT2D eigenvalue weighted by Gasteiger charge is -2.30. The Balaban J connectivity index is 2.61. The molecule has 0 heterocycles. The summed E-state index contributed by atoms with van der Waals surface area (Å²) in [6.45, 7) is 6.18. The van der Waals surface area contributed by atoms with Crippen LogP contribution in [0.4, 0.5) is 0 Å². The molecule has 1 aliphatic rings. The Morgan fingerprint density at radius 1 is 1.22 bits per heavy atom. The van der Waals surface area contributed by atoms with Gasteiger partial charge in [0.1, 0.15) is 0 Å². The molecule has 4 heteroatoms. The topological polar surface area (TPSA) is 66.4 Å². The fourth-order valence-corrected chi connectivity index (χ4v) is 2.57. The lowest BCUT2D eigenvalue weighted by atomic mass is 9.78. The van der Waals surface area contributed by atoms with E-state index >= 15 is 0 Å². The van der Waals surface area contributed by atoms with Crippen LogP contribution in [-0.4, -0.2) is 23.0 Å². The van der Waals surface area contributed by atoms with Gasteiger partial charge in [-0.15, -0.1) is 0 Å². The zero-order chi connectivity index (χ0) is 13.7. The van der Waals surface area contributed by atoms with Crippen molar-refractivity contribution in [1.29, 1.82) is 0 Å². The Kier molecular flexibility index (Phi) is 5.63. The van der Waals surface area contributed by atoms with Crippen LogP contribution in [0, 0.1) is 17.8 Å². The van der Waals surface area contributed by atoms with Gasteiger partial charge < -0.3 is 10.4 Å². The quantitative estimate of drug-likeness (QED) is 0.793. The van der Waals surface area contributed by atoms with Crippen LogP contribution in [-0.2, 0) is 9.59 Å². The lowest BCUT2D eigenvalue weighted by Crippen LogP contribution is -2.45. The summed E-state index contributed by atoms with van der Waals surface area (Å²) in [5, 5.41) is 12.1. The molecule has 0 saturated heterocycles. The van der Waals surface area contributed by atoms with Crippen LogP contribution in [0.5, 0.6) is 0 Å². The third kappa shape index (κ3) is 3.72. The van der Waals surface area contributed by atoms with E-state index in [9.17, 15) is 9.59 Å². The monoisotopic (exact) mass is 255 g/mol. The molecule has 104 valence electrons. The average molecular weight is 255 g/mol. The molecule has 0 radical (unpaired) electrons. The summed E-state index contributed by atoms with van der Waals surface area (Å²) in [4.78, 5) is 23.3. The number of hydrogen-bond donors (Lipinski definition) is 2. The summed E-state index contributed by atoms with van der Waals surface area (Å²) in [5.41, 5.74) is 0. The van der Waals surface area contributed by atoms with Crippen LogP contribution >= 0.6 is 0 Å². The van der Waals surface area contributed by atoms with E-state index in [2.05, 4.69) is 19.2 Å². The van der Waals surface area contributed by atoms with Crippen molar-refractivity contribution in [2.24, 2.45) is 17.8 Å². The van der Waals surface area contributed by atoms with Crippen LogP contribution in [0.1, 0.15) is 52.9 Å². The summed E-state index contributed by atoms with van der Waals surface area (Å²) in [6.07, 6.45) is 4.22.